The minimum Gasteiger partial charge on any atom is -0.395 e. The predicted octanol–water partition coefficient (Wildman–Crippen LogP) is 4.42. The zero-order valence-electron chi connectivity index (χ0n) is 20.1. The fraction of sp³-hybridized carbons (Fsp3) is 0.333. The Morgan fingerprint density at radius 2 is 2.08 bits per heavy atom. The molecule has 0 bridgehead atoms. The zero-order valence-corrected chi connectivity index (χ0v) is 20.1. The molecule has 0 saturated carbocycles. The van der Waals surface area contributed by atoms with E-state index in [4.69, 9.17) is 5.11 Å². The van der Waals surface area contributed by atoms with Gasteiger partial charge in [-0.1, -0.05) is 37.3 Å². The van der Waals surface area contributed by atoms with Gasteiger partial charge in [0.2, 0.25) is 0 Å². The van der Waals surface area contributed by atoms with Gasteiger partial charge in [0.15, 0.2) is 0 Å². The molecule has 3 aliphatic carbocycles. The van der Waals surface area contributed by atoms with E-state index in [0.29, 0.717) is 24.2 Å². The molecular formula is C27H29F3N4O2. The summed E-state index contributed by atoms with van der Waals surface area (Å²) in [4.78, 5) is 12.5. The lowest BCUT2D eigenvalue weighted by Gasteiger charge is -2.12. The molecule has 1 heterocycles. The molecule has 190 valence electrons. The summed E-state index contributed by atoms with van der Waals surface area (Å²) in [5, 5.41) is 19.4. The van der Waals surface area contributed by atoms with Gasteiger partial charge in [-0.25, -0.2) is 0 Å². The monoisotopic (exact) mass is 498 g/mol. The Bertz CT molecular complexity index is 1240. The topological polar surface area (TPSA) is 79.2 Å². The van der Waals surface area contributed by atoms with E-state index in [1.807, 2.05) is 37.4 Å². The quantitative estimate of drug-likeness (QED) is 0.464. The molecule has 3 aliphatic rings. The normalized spacial score (nSPS) is 21.4. The summed E-state index contributed by atoms with van der Waals surface area (Å²) in [6.45, 7) is 4.20. The number of amides is 1. The second-order valence-corrected chi connectivity index (χ2v) is 8.97. The number of carbonyl (C=O) groups excluding carboxylic acids is 1. The van der Waals surface area contributed by atoms with E-state index in [0.717, 1.165) is 28.5 Å². The van der Waals surface area contributed by atoms with Crippen LogP contribution in [0, 0.1) is 11.8 Å². The van der Waals surface area contributed by atoms with Crippen molar-refractivity contribution in [3.63, 3.8) is 0 Å². The van der Waals surface area contributed by atoms with Gasteiger partial charge < -0.3 is 15.7 Å². The highest BCUT2D eigenvalue weighted by molar-refractivity contribution is 6.20. The first-order chi connectivity index (χ1) is 17.2. The molecule has 0 fully saturated rings. The molecular weight excluding hydrogens is 469 g/mol. The van der Waals surface area contributed by atoms with Gasteiger partial charge in [0, 0.05) is 35.5 Å². The fourth-order valence-corrected chi connectivity index (χ4v) is 4.10. The van der Waals surface area contributed by atoms with E-state index >= 15 is 0 Å². The Balaban J connectivity index is 1.36. The molecule has 36 heavy (non-hydrogen) atoms. The van der Waals surface area contributed by atoms with Crippen molar-refractivity contribution in [2.45, 2.75) is 33.0 Å². The minimum absolute atomic E-state index is 0.126. The number of nitrogens with zero attached hydrogens (tertiary/aromatic N) is 2. The Morgan fingerprint density at radius 3 is 2.83 bits per heavy atom. The van der Waals surface area contributed by atoms with Crippen LogP contribution in [-0.4, -0.2) is 40.1 Å². The Labute approximate surface area is 208 Å². The van der Waals surface area contributed by atoms with E-state index in [1.165, 1.54) is 12.2 Å². The second-order valence-electron chi connectivity index (χ2n) is 8.97. The maximum atomic E-state index is 13.1. The lowest BCUT2D eigenvalue weighted by molar-refractivity contribution is -0.115. The molecule has 1 aromatic heterocycles. The van der Waals surface area contributed by atoms with Crippen LogP contribution in [0.5, 0.6) is 0 Å². The summed E-state index contributed by atoms with van der Waals surface area (Å²) in [6, 6.07) is 0. The van der Waals surface area contributed by atoms with Gasteiger partial charge in [0.1, 0.15) is 0 Å². The number of nitrogens with one attached hydrogen (secondary N) is 2. The molecule has 0 radical (unpaired) electrons. The molecule has 0 spiro atoms. The van der Waals surface area contributed by atoms with Crippen molar-refractivity contribution in [2.75, 3.05) is 13.2 Å². The predicted molar refractivity (Wildman–Crippen MR) is 133 cm³/mol. The molecule has 0 saturated heterocycles. The van der Waals surface area contributed by atoms with Crippen molar-refractivity contribution >= 4 is 17.6 Å². The molecule has 0 aliphatic heterocycles. The largest absolute Gasteiger partial charge is 0.416 e. The molecule has 4 rings (SSSR count). The average Bonchev–Trinajstić information content (AvgIpc) is 3.52. The molecule has 3 N–H and O–H groups in total. The van der Waals surface area contributed by atoms with Gasteiger partial charge in [-0.3, -0.25) is 9.48 Å². The summed E-state index contributed by atoms with van der Waals surface area (Å²) in [6.07, 6.45) is 13.4. The molecule has 1 aromatic rings. The van der Waals surface area contributed by atoms with E-state index in [-0.39, 0.29) is 30.9 Å². The van der Waals surface area contributed by atoms with Gasteiger partial charge in [0.05, 0.1) is 24.4 Å². The molecule has 1 amide bonds. The highest BCUT2D eigenvalue weighted by Gasteiger charge is 2.33. The maximum absolute atomic E-state index is 13.1. The van der Waals surface area contributed by atoms with Crippen LogP contribution in [0.3, 0.4) is 0 Å². The van der Waals surface area contributed by atoms with Crippen molar-refractivity contribution in [3.8, 4) is 0 Å². The van der Waals surface area contributed by atoms with Crippen LogP contribution in [0.15, 0.2) is 77.3 Å². The van der Waals surface area contributed by atoms with Crippen molar-refractivity contribution in [3.05, 3.63) is 88.6 Å². The number of aromatic nitrogens is 2. The van der Waals surface area contributed by atoms with Crippen LogP contribution >= 0.6 is 0 Å². The molecule has 2 unspecified atom stereocenters. The lowest BCUT2D eigenvalue weighted by Crippen LogP contribution is -2.27. The summed E-state index contributed by atoms with van der Waals surface area (Å²) in [5.74, 6) is -0.442. The first-order valence-electron chi connectivity index (χ1n) is 11.8. The van der Waals surface area contributed by atoms with E-state index < -0.39 is 11.7 Å². The number of alkyl halides is 3. The first-order valence-corrected chi connectivity index (χ1v) is 11.8. The van der Waals surface area contributed by atoms with Crippen LogP contribution < -0.4 is 10.6 Å². The number of fused-ring (bicyclic) bond motifs is 1. The summed E-state index contributed by atoms with van der Waals surface area (Å²) in [7, 11) is 0. The van der Waals surface area contributed by atoms with Gasteiger partial charge in [-0.2, -0.15) is 18.3 Å². The fourth-order valence-electron chi connectivity index (χ4n) is 4.10. The van der Waals surface area contributed by atoms with Gasteiger partial charge >= 0.3 is 6.18 Å². The summed E-state index contributed by atoms with van der Waals surface area (Å²) < 4.78 is 41.2. The maximum Gasteiger partial charge on any atom is 0.416 e. The molecule has 2 atom stereocenters. The number of aliphatic hydroxyl groups excluding tert-OH is 1. The van der Waals surface area contributed by atoms with Crippen molar-refractivity contribution in [1.29, 1.82) is 0 Å². The molecule has 6 nitrogen and oxygen atoms in total. The van der Waals surface area contributed by atoms with Crippen LogP contribution in [0.25, 0.3) is 11.6 Å². The number of hydrogen-bond acceptors (Lipinski definition) is 4. The van der Waals surface area contributed by atoms with Crippen LogP contribution in [0.4, 0.5) is 13.2 Å². The van der Waals surface area contributed by atoms with Gasteiger partial charge in [-0.15, -0.1) is 0 Å². The third-order valence-electron chi connectivity index (χ3n) is 6.35. The van der Waals surface area contributed by atoms with Gasteiger partial charge in [-0.05, 0) is 54.8 Å². The van der Waals surface area contributed by atoms with Gasteiger partial charge in [0.25, 0.3) is 5.91 Å². The Morgan fingerprint density at radius 1 is 1.28 bits per heavy atom. The lowest BCUT2D eigenvalue weighted by atomic mass is 10.00. The van der Waals surface area contributed by atoms with E-state index in [2.05, 4.69) is 21.8 Å². The summed E-state index contributed by atoms with van der Waals surface area (Å²) >= 11 is 0. The smallest absolute Gasteiger partial charge is 0.395 e. The van der Waals surface area contributed by atoms with Crippen molar-refractivity contribution in [2.24, 2.45) is 11.8 Å². The molecule has 9 heteroatoms. The standard InChI is InChI=1S/C27H29F3N4O2/c1-17-13-21(27(28,29)30)7-8-24(18(17)2)31-10-9-19-14-20(19)15-34-16-23-22(26(36)32-11-12-35)5-3-4-6-25(23)33-34/h4-10,13-14,16-17,19,31,35H,3,11-12,15H2,1-2H3,(H,32,36)/b10-9-. The highest BCUT2D eigenvalue weighted by atomic mass is 19.4. The number of carbonyl (C=O) groups is 1. The van der Waals surface area contributed by atoms with Crippen LogP contribution in [-0.2, 0) is 11.3 Å². The van der Waals surface area contributed by atoms with E-state index in [9.17, 15) is 18.0 Å². The number of halogens is 3. The summed E-state index contributed by atoms with van der Waals surface area (Å²) in [5.41, 5.74) is 4.00. The highest BCUT2D eigenvalue weighted by Crippen LogP contribution is 2.34. The van der Waals surface area contributed by atoms with Crippen LogP contribution in [0.2, 0.25) is 0 Å². The Kier molecular flexibility index (Phi) is 7.49. The number of allylic oxidation sites excluding steroid dienone is 10. The SMILES string of the molecule is CC1=C(N/C=C\C2C=C2Cn2cc3c(n2)C=CCC=C3C(=O)NCCO)C=CC(C(F)(F)F)=CC1C. The number of aliphatic hydroxyl groups is 1. The third kappa shape index (κ3) is 5.96. The van der Waals surface area contributed by atoms with E-state index in [1.54, 1.807) is 17.8 Å². The minimum atomic E-state index is -4.37. The van der Waals surface area contributed by atoms with Crippen molar-refractivity contribution < 1.29 is 23.1 Å². The zero-order chi connectivity index (χ0) is 25.9. The second kappa shape index (κ2) is 10.6. The Hall–Kier alpha value is -3.59. The molecule has 0 aromatic carbocycles. The third-order valence-corrected chi connectivity index (χ3v) is 6.35. The number of hydrogen-bond donors (Lipinski definition) is 3. The first kappa shape index (κ1) is 25.5. The number of rotatable bonds is 8. The average molecular weight is 499 g/mol. The van der Waals surface area contributed by atoms with Crippen LogP contribution in [0.1, 0.15) is 31.5 Å². The van der Waals surface area contributed by atoms with Crippen molar-refractivity contribution in [1.82, 2.24) is 20.4 Å².